The van der Waals surface area contributed by atoms with E-state index in [9.17, 15) is 4.79 Å². The van der Waals surface area contributed by atoms with Crippen molar-refractivity contribution in [2.45, 2.75) is 6.92 Å². The molecule has 4 nitrogen and oxygen atoms in total. The molecule has 82 valence electrons. The minimum atomic E-state index is -0.160. The van der Waals surface area contributed by atoms with Crippen molar-refractivity contribution in [2.24, 2.45) is 0 Å². The van der Waals surface area contributed by atoms with Gasteiger partial charge in [0.1, 0.15) is 5.82 Å². The Bertz CT molecular complexity index is 509. The highest BCUT2D eigenvalue weighted by molar-refractivity contribution is 14.1. The molecule has 0 bridgehead atoms. The molecule has 0 saturated heterocycles. The zero-order valence-electron chi connectivity index (χ0n) is 8.40. The van der Waals surface area contributed by atoms with Gasteiger partial charge in [0.15, 0.2) is 0 Å². The van der Waals surface area contributed by atoms with Gasteiger partial charge in [-0.05, 0) is 53.8 Å². The zero-order chi connectivity index (χ0) is 11.5. The van der Waals surface area contributed by atoms with Gasteiger partial charge in [0.2, 0.25) is 5.13 Å². The van der Waals surface area contributed by atoms with E-state index in [4.69, 9.17) is 0 Å². The predicted octanol–water partition coefficient (Wildman–Crippen LogP) is 2.70. The first-order chi connectivity index (χ1) is 7.65. The molecule has 1 N–H and O–H groups in total. The summed E-state index contributed by atoms with van der Waals surface area (Å²) >= 11 is 3.38. The number of aryl methyl sites for hydroxylation is 1. The molecule has 0 atom stereocenters. The van der Waals surface area contributed by atoms with E-state index >= 15 is 0 Å². The third-order valence-electron chi connectivity index (χ3n) is 1.85. The van der Waals surface area contributed by atoms with E-state index in [1.807, 2.05) is 12.1 Å². The summed E-state index contributed by atoms with van der Waals surface area (Å²) in [6.45, 7) is 1.79. The zero-order valence-corrected chi connectivity index (χ0v) is 11.4. The highest BCUT2D eigenvalue weighted by Crippen LogP contribution is 2.13. The smallest absolute Gasteiger partial charge is 0.257 e. The van der Waals surface area contributed by atoms with Crippen LogP contribution in [0.1, 0.15) is 16.2 Å². The molecule has 1 aromatic heterocycles. The van der Waals surface area contributed by atoms with E-state index in [-0.39, 0.29) is 5.91 Å². The lowest BCUT2D eigenvalue weighted by Crippen LogP contribution is -2.11. The number of halogens is 1. The normalized spacial score (nSPS) is 10.1. The van der Waals surface area contributed by atoms with Crippen LogP contribution in [0.15, 0.2) is 24.3 Å². The number of nitrogens with zero attached hydrogens (tertiary/aromatic N) is 2. The second-order valence-electron chi connectivity index (χ2n) is 3.11. The Kier molecular flexibility index (Phi) is 3.49. The third kappa shape index (κ3) is 2.76. The third-order valence-corrected chi connectivity index (χ3v) is 3.30. The summed E-state index contributed by atoms with van der Waals surface area (Å²) in [5.74, 6) is 0.510. The van der Waals surface area contributed by atoms with Crippen molar-refractivity contribution in [3.8, 4) is 0 Å². The van der Waals surface area contributed by atoms with Gasteiger partial charge in [-0.1, -0.05) is 0 Å². The second-order valence-corrected chi connectivity index (χ2v) is 5.11. The van der Waals surface area contributed by atoms with Crippen LogP contribution in [0.25, 0.3) is 0 Å². The fraction of sp³-hybridized carbons (Fsp3) is 0.100. The van der Waals surface area contributed by atoms with Gasteiger partial charge in [0, 0.05) is 20.7 Å². The first-order valence-corrected chi connectivity index (χ1v) is 6.37. The number of benzene rings is 1. The van der Waals surface area contributed by atoms with E-state index in [0.29, 0.717) is 16.5 Å². The molecule has 0 unspecified atom stereocenters. The molecular formula is C10H8IN3OS. The van der Waals surface area contributed by atoms with Crippen LogP contribution in [0.4, 0.5) is 5.13 Å². The van der Waals surface area contributed by atoms with E-state index in [1.165, 1.54) is 11.5 Å². The minimum Gasteiger partial charge on any atom is -0.297 e. The van der Waals surface area contributed by atoms with Crippen molar-refractivity contribution in [3.05, 3.63) is 39.2 Å². The van der Waals surface area contributed by atoms with Gasteiger partial charge in [-0.2, -0.15) is 4.37 Å². The van der Waals surface area contributed by atoms with E-state index in [1.54, 1.807) is 19.1 Å². The molecule has 1 amide bonds. The number of carbonyl (C=O) groups is 1. The van der Waals surface area contributed by atoms with E-state index in [0.717, 1.165) is 3.57 Å². The molecule has 1 aromatic carbocycles. The van der Waals surface area contributed by atoms with Gasteiger partial charge in [-0.3, -0.25) is 10.1 Å². The van der Waals surface area contributed by atoms with Crippen molar-refractivity contribution in [1.29, 1.82) is 0 Å². The summed E-state index contributed by atoms with van der Waals surface area (Å²) < 4.78 is 5.09. The lowest BCUT2D eigenvalue weighted by atomic mass is 10.2. The molecule has 6 heteroatoms. The Labute approximate surface area is 110 Å². The Balaban J connectivity index is 2.11. The summed E-state index contributed by atoms with van der Waals surface area (Å²) in [6.07, 6.45) is 0. The molecule has 0 fully saturated rings. The number of hydrogen-bond acceptors (Lipinski definition) is 4. The van der Waals surface area contributed by atoms with Gasteiger partial charge in [-0.15, -0.1) is 0 Å². The van der Waals surface area contributed by atoms with Gasteiger partial charge >= 0.3 is 0 Å². The van der Waals surface area contributed by atoms with Gasteiger partial charge in [-0.25, -0.2) is 4.98 Å². The molecule has 0 saturated carbocycles. The van der Waals surface area contributed by atoms with Crippen LogP contribution in [0.5, 0.6) is 0 Å². The van der Waals surface area contributed by atoms with Crippen molar-refractivity contribution >= 4 is 45.2 Å². The lowest BCUT2D eigenvalue weighted by molar-refractivity contribution is 0.102. The standard InChI is InChI=1S/C10H8IN3OS/c1-6-12-10(16-14-6)13-9(15)7-2-4-8(11)5-3-7/h2-5H,1H3,(H,12,13,14,15). The molecule has 0 radical (unpaired) electrons. The van der Waals surface area contributed by atoms with Crippen molar-refractivity contribution in [1.82, 2.24) is 9.36 Å². The van der Waals surface area contributed by atoms with Crippen molar-refractivity contribution in [3.63, 3.8) is 0 Å². The van der Waals surface area contributed by atoms with Crippen LogP contribution >= 0.6 is 34.1 Å². The summed E-state index contributed by atoms with van der Waals surface area (Å²) in [6, 6.07) is 7.34. The quantitative estimate of drug-likeness (QED) is 0.852. The predicted molar refractivity (Wildman–Crippen MR) is 71.8 cm³/mol. The summed E-state index contributed by atoms with van der Waals surface area (Å²) in [7, 11) is 0. The first kappa shape index (κ1) is 11.5. The fourth-order valence-electron chi connectivity index (χ4n) is 1.12. The number of carbonyl (C=O) groups excluding carboxylic acids is 1. The highest BCUT2D eigenvalue weighted by atomic mass is 127. The molecule has 2 aromatic rings. The monoisotopic (exact) mass is 345 g/mol. The maximum atomic E-state index is 11.8. The molecule has 16 heavy (non-hydrogen) atoms. The minimum absolute atomic E-state index is 0.160. The SMILES string of the molecule is Cc1nsc(NC(=O)c2ccc(I)cc2)n1. The van der Waals surface area contributed by atoms with Crippen LogP contribution in [0, 0.1) is 10.5 Å². The van der Waals surface area contributed by atoms with Crippen LogP contribution in [0.3, 0.4) is 0 Å². The highest BCUT2D eigenvalue weighted by Gasteiger charge is 2.08. The van der Waals surface area contributed by atoms with E-state index in [2.05, 4.69) is 37.3 Å². The van der Waals surface area contributed by atoms with Crippen LogP contribution in [-0.2, 0) is 0 Å². The maximum absolute atomic E-state index is 11.8. The Morgan fingerprint density at radius 1 is 1.38 bits per heavy atom. The molecule has 2 rings (SSSR count). The number of anilines is 1. The number of aromatic nitrogens is 2. The molecule has 1 heterocycles. The number of amides is 1. The maximum Gasteiger partial charge on any atom is 0.257 e. The van der Waals surface area contributed by atoms with Crippen molar-refractivity contribution < 1.29 is 4.79 Å². The van der Waals surface area contributed by atoms with Crippen LogP contribution in [0.2, 0.25) is 0 Å². The molecule has 0 aliphatic carbocycles. The molecule has 0 spiro atoms. The Morgan fingerprint density at radius 2 is 2.06 bits per heavy atom. The largest absolute Gasteiger partial charge is 0.297 e. The summed E-state index contributed by atoms with van der Waals surface area (Å²) in [4.78, 5) is 15.8. The average Bonchev–Trinajstić information content (AvgIpc) is 2.65. The fourth-order valence-corrected chi connectivity index (χ4v) is 2.05. The topological polar surface area (TPSA) is 54.9 Å². The van der Waals surface area contributed by atoms with Gasteiger partial charge < -0.3 is 0 Å². The second kappa shape index (κ2) is 4.88. The molecular weight excluding hydrogens is 337 g/mol. The van der Waals surface area contributed by atoms with Crippen molar-refractivity contribution in [2.75, 3.05) is 5.32 Å². The Morgan fingerprint density at radius 3 is 2.62 bits per heavy atom. The molecule has 0 aliphatic rings. The van der Waals surface area contributed by atoms with Crippen LogP contribution < -0.4 is 5.32 Å². The summed E-state index contributed by atoms with van der Waals surface area (Å²) in [5.41, 5.74) is 0.619. The first-order valence-electron chi connectivity index (χ1n) is 4.52. The van der Waals surface area contributed by atoms with Gasteiger partial charge in [0.05, 0.1) is 0 Å². The Hall–Kier alpha value is -1.02. The number of rotatable bonds is 2. The van der Waals surface area contributed by atoms with Gasteiger partial charge in [0.25, 0.3) is 5.91 Å². The average molecular weight is 345 g/mol. The lowest BCUT2D eigenvalue weighted by Gasteiger charge is -2.00. The number of nitrogens with one attached hydrogen (secondary N) is 1. The number of hydrogen-bond donors (Lipinski definition) is 1. The van der Waals surface area contributed by atoms with E-state index < -0.39 is 0 Å². The van der Waals surface area contributed by atoms with Crippen LogP contribution in [-0.4, -0.2) is 15.3 Å². The molecule has 0 aliphatic heterocycles. The summed E-state index contributed by atoms with van der Waals surface area (Å²) in [5, 5.41) is 3.23.